The molecule has 1 aromatic rings. The summed E-state index contributed by atoms with van der Waals surface area (Å²) in [6.07, 6.45) is 2.17. The van der Waals surface area contributed by atoms with E-state index in [9.17, 15) is 4.79 Å². The standard InChI is InChI=1S/C15H20Cl2N2O2/c16-12-3-4-14(13(17)8-12)21-7-1-2-15(20)19-6-5-11(9-18)10-19/h3-4,8,11H,1-2,5-7,9-10,18H2/t11-/m1/s1. The third kappa shape index (κ3) is 4.77. The zero-order valence-corrected chi connectivity index (χ0v) is 13.4. The van der Waals surface area contributed by atoms with Crippen LogP contribution in [0.5, 0.6) is 5.75 Å². The Labute approximate surface area is 135 Å². The summed E-state index contributed by atoms with van der Waals surface area (Å²) < 4.78 is 5.57. The molecule has 0 unspecified atom stereocenters. The second-order valence-electron chi connectivity index (χ2n) is 5.26. The predicted octanol–water partition coefficient (Wildman–Crippen LogP) is 2.96. The molecule has 0 aliphatic carbocycles. The first-order valence-corrected chi connectivity index (χ1v) is 7.91. The van der Waals surface area contributed by atoms with Crippen LogP contribution in [0.4, 0.5) is 0 Å². The van der Waals surface area contributed by atoms with Gasteiger partial charge in [0.15, 0.2) is 0 Å². The van der Waals surface area contributed by atoms with Gasteiger partial charge in [-0.3, -0.25) is 4.79 Å². The molecule has 1 heterocycles. The van der Waals surface area contributed by atoms with Gasteiger partial charge in [0.05, 0.1) is 11.6 Å². The van der Waals surface area contributed by atoms with E-state index in [0.29, 0.717) is 47.7 Å². The Morgan fingerprint density at radius 2 is 2.24 bits per heavy atom. The van der Waals surface area contributed by atoms with Gasteiger partial charge in [-0.05, 0) is 43.5 Å². The van der Waals surface area contributed by atoms with Crippen molar-refractivity contribution in [2.75, 3.05) is 26.2 Å². The molecule has 0 spiro atoms. The smallest absolute Gasteiger partial charge is 0.222 e. The van der Waals surface area contributed by atoms with Gasteiger partial charge in [-0.15, -0.1) is 0 Å². The number of halogens is 2. The van der Waals surface area contributed by atoms with Crippen LogP contribution in [0.15, 0.2) is 18.2 Å². The number of hydrogen-bond donors (Lipinski definition) is 1. The topological polar surface area (TPSA) is 55.6 Å². The molecule has 21 heavy (non-hydrogen) atoms. The summed E-state index contributed by atoms with van der Waals surface area (Å²) in [6, 6.07) is 5.10. The largest absolute Gasteiger partial charge is 0.492 e. The highest BCUT2D eigenvalue weighted by Crippen LogP contribution is 2.27. The molecular formula is C15H20Cl2N2O2. The molecule has 1 aromatic carbocycles. The number of amides is 1. The molecule has 1 aliphatic heterocycles. The SMILES string of the molecule is NC[C@H]1CCN(C(=O)CCCOc2ccc(Cl)cc2Cl)C1. The van der Waals surface area contributed by atoms with Crippen LogP contribution in [-0.2, 0) is 4.79 Å². The van der Waals surface area contributed by atoms with Gasteiger partial charge in [0.1, 0.15) is 5.75 Å². The summed E-state index contributed by atoms with van der Waals surface area (Å²) >= 11 is 11.8. The van der Waals surface area contributed by atoms with E-state index in [1.54, 1.807) is 18.2 Å². The third-order valence-corrected chi connectivity index (χ3v) is 4.19. The van der Waals surface area contributed by atoms with Crippen LogP contribution in [0.2, 0.25) is 10.0 Å². The van der Waals surface area contributed by atoms with Crippen molar-refractivity contribution < 1.29 is 9.53 Å². The lowest BCUT2D eigenvalue weighted by atomic mass is 10.1. The van der Waals surface area contributed by atoms with Crippen LogP contribution in [0, 0.1) is 5.92 Å². The minimum atomic E-state index is 0.178. The van der Waals surface area contributed by atoms with Gasteiger partial charge in [0, 0.05) is 24.5 Å². The van der Waals surface area contributed by atoms with E-state index in [2.05, 4.69) is 0 Å². The summed E-state index contributed by atoms with van der Waals surface area (Å²) in [5.41, 5.74) is 5.63. The van der Waals surface area contributed by atoms with Gasteiger partial charge in [-0.1, -0.05) is 23.2 Å². The molecule has 4 nitrogen and oxygen atoms in total. The highest BCUT2D eigenvalue weighted by atomic mass is 35.5. The molecule has 0 radical (unpaired) electrons. The lowest BCUT2D eigenvalue weighted by Crippen LogP contribution is -2.29. The molecule has 116 valence electrons. The van der Waals surface area contributed by atoms with Crippen molar-refractivity contribution in [3.05, 3.63) is 28.2 Å². The van der Waals surface area contributed by atoms with Crippen LogP contribution in [-0.4, -0.2) is 37.0 Å². The fourth-order valence-electron chi connectivity index (χ4n) is 2.41. The van der Waals surface area contributed by atoms with Gasteiger partial charge in [-0.25, -0.2) is 0 Å². The van der Waals surface area contributed by atoms with Gasteiger partial charge < -0.3 is 15.4 Å². The van der Waals surface area contributed by atoms with E-state index in [4.69, 9.17) is 33.7 Å². The van der Waals surface area contributed by atoms with Crippen LogP contribution >= 0.6 is 23.2 Å². The molecule has 2 rings (SSSR count). The number of nitrogens with two attached hydrogens (primary N) is 1. The Bertz CT molecular complexity index is 497. The number of carbonyl (C=O) groups is 1. The van der Waals surface area contributed by atoms with E-state index in [1.165, 1.54) is 0 Å². The van der Waals surface area contributed by atoms with Gasteiger partial charge in [0.2, 0.25) is 5.91 Å². The fourth-order valence-corrected chi connectivity index (χ4v) is 2.87. The van der Waals surface area contributed by atoms with E-state index in [0.717, 1.165) is 19.5 Å². The van der Waals surface area contributed by atoms with Crippen LogP contribution in [0.3, 0.4) is 0 Å². The maximum absolute atomic E-state index is 12.0. The molecule has 0 bridgehead atoms. The number of nitrogens with zero attached hydrogens (tertiary/aromatic N) is 1. The van der Waals surface area contributed by atoms with Crippen LogP contribution < -0.4 is 10.5 Å². The van der Waals surface area contributed by atoms with Crippen molar-refractivity contribution in [2.45, 2.75) is 19.3 Å². The van der Waals surface area contributed by atoms with Crippen molar-refractivity contribution >= 4 is 29.1 Å². The Morgan fingerprint density at radius 1 is 1.43 bits per heavy atom. The minimum Gasteiger partial charge on any atom is -0.492 e. The molecule has 1 saturated heterocycles. The Hall–Kier alpha value is -0.970. The lowest BCUT2D eigenvalue weighted by Gasteiger charge is -2.16. The fraction of sp³-hybridized carbons (Fsp3) is 0.533. The predicted molar refractivity (Wildman–Crippen MR) is 84.9 cm³/mol. The van der Waals surface area contributed by atoms with Gasteiger partial charge >= 0.3 is 0 Å². The number of hydrogen-bond acceptors (Lipinski definition) is 3. The summed E-state index contributed by atoms with van der Waals surface area (Å²) in [5.74, 6) is 1.23. The van der Waals surface area contributed by atoms with Gasteiger partial charge in [0.25, 0.3) is 0 Å². The average molecular weight is 331 g/mol. The molecule has 6 heteroatoms. The number of benzene rings is 1. The second kappa shape index (κ2) is 7.87. The average Bonchev–Trinajstić information content (AvgIpc) is 2.94. The maximum atomic E-state index is 12.0. The van der Waals surface area contributed by atoms with E-state index >= 15 is 0 Å². The third-order valence-electron chi connectivity index (χ3n) is 3.66. The second-order valence-corrected chi connectivity index (χ2v) is 6.10. The van der Waals surface area contributed by atoms with E-state index in [1.807, 2.05) is 4.90 Å². The monoisotopic (exact) mass is 330 g/mol. The molecule has 1 atom stereocenters. The molecule has 1 amide bonds. The van der Waals surface area contributed by atoms with Crippen LogP contribution in [0.25, 0.3) is 0 Å². The highest BCUT2D eigenvalue weighted by molar-refractivity contribution is 6.35. The summed E-state index contributed by atoms with van der Waals surface area (Å²) in [7, 11) is 0. The summed E-state index contributed by atoms with van der Waals surface area (Å²) in [6.45, 7) is 2.73. The highest BCUT2D eigenvalue weighted by Gasteiger charge is 2.24. The first-order valence-electron chi connectivity index (χ1n) is 7.16. The van der Waals surface area contributed by atoms with Crippen LogP contribution in [0.1, 0.15) is 19.3 Å². The lowest BCUT2D eigenvalue weighted by molar-refractivity contribution is -0.130. The van der Waals surface area contributed by atoms with Crippen molar-refractivity contribution in [2.24, 2.45) is 11.7 Å². The first-order chi connectivity index (χ1) is 10.1. The first kappa shape index (κ1) is 16.4. The molecule has 0 saturated carbocycles. The van der Waals surface area contributed by atoms with Crippen molar-refractivity contribution in [3.8, 4) is 5.75 Å². The maximum Gasteiger partial charge on any atom is 0.222 e. The number of rotatable bonds is 6. The van der Waals surface area contributed by atoms with Gasteiger partial charge in [-0.2, -0.15) is 0 Å². The van der Waals surface area contributed by atoms with Crippen molar-refractivity contribution in [1.29, 1.82) is 0 Å². The van der Waals surface area contributed by atoms with E-state index < -0.39 is 0 Å². The number of carbonyl (C=O) groups excluding carboxylic acids is 1. The zero-order chi connectivity index (χ0) is 15.2. The summed E-state index contributed by atoms with van der Waals surface area (Å²) in [4.78, 5) is 13.9. The normalized spacial score (nSPS) is 18.0. The molecular weight excluding hydrogens is 311 g/mol. The zero-order valence-electron chi connectivity index (χ0n) is 11.9. The molecule has 1 aliphatic rings. The minimum absolute atomic E-state index is 0.178. The Morgan fingerprint density at radius 3 is 2.90 bits per heavy atom. The Balaban J connectivity index is 1.69. The van der Waals surface area contributed by atoms with Crippen molar-refractivity contribution in [3.63, 3.8) is 0 Å². The number of ether oxygens (including phenoxy) is 1. The van der Waals surface area contributed by atoms with E-state index in [-0.39, 0.29) is 5.91 Å². The summed E-state index contributed by atoms with van der Waals surface area (Å²) in [5, 5.41) is 1.06. The molecule has 2 N–H and O–H groups in total. The molecule has 1 fully saturated rings. The molecule has 0 aromatic heterocycles. The van der Waals surface area contributed by atoms with Crippen molar-refractivity contribution in [1.82, 2.24) is 4.90 Å². The Kier molecular flexibility index (Phi) is 6.15. The quantitative estimate of drug-likeness (QED) is 0.816. The number of likely N-dealkylation sites (tertiary alicyclic amines) is 1.